The molecule has 1 aromatic carbocycles. The number of carbonyl (C=O) groups is 1. The molecule has 0 aliphatic carbocycles. The Kier molecular flexibility index (Phi) is 7.90. The molecule has 26 heavy (non-hydrogen) atoms. The van der Waals surface area contributed by atoms with Crippen LogP contribution in [0.1, 0.15) is 32.1 Å². The zero-order valence-electron chi connectivity index (χ0n) is 14.9. The molecule has 0 spiro atoms. The van der Waals surface area contributed by atoms with Crippen LogP contribution in [-0.2, 0) is 4.79 Å². The minimum absolute atomic E-state index is 0. The van der Waals surface area contributed by atoms with E-state index in [4.69, 9.17) is 11.6 Å². The quantitative estimate of drug-likeness (QED) is 0.809. The lowest BCUT2D eigenvalue weighted by Gasteiger charge is -2.37. The molecule has 7 heteroatoms. The van der Waals surface area contributed by atoms with Gasteiger partial charge in [-0.1, -0.05) is 23.7 Å². The van der Waals surface area contributed by atoms with Gasteiger partial charge in [0.05, 0.1) is 10.7 Å². The summed E-state index contributed by atoms with van der Waals surface area (Å²) in [6, 6.07) is 9.30. The minimum atomic E-state index is 0. The highest BCUT2D eigenvalue weighted by Gasteiger charge is 2.35. The number of nitrogens with zero attached hydrogens (tertiary/aromatic N) is 2. The van der Waals surface area contributed by atoms with Crippen molar-refractivity contribution in [2.75, 3.05) is 31.1 Å². The second-order valence-corrected chi connectivity index (χ2v) is 7.91. The summed E-state index contributed by atoms with van der Waals surface area (Å²) in [5.41, 5.74) is 1.08. The third-order valence-corrected chi connectivity index (χ3v) is 6.18. The molecule has 3 heterocycles. The minimum Gasteiger partial charge on any atom is -0.367 e. The predicted molar refractivity (Wildman–Crippen MR) is 112 cm³/mol. The summed E-state index contributed by atoms with van der Waals surface area (Å²) in [4.78, 5) is 17.0. The van der Waals surface area contributed by atoms with Crippen LogP contribution in [0.5, 0.6) is 0 Å². The van der Waals surface area contributed by atoms with Gasteiger partial charge in [-0.15, -0.1) is 24.8 Å². The maximum absolute atomic E-state index is 12.7. The lowest BCUT2D eigenvalue weighted by Crippen LogP contribution is -2.49. The van der Waals surface area contributed by atoms with Crippen molar-refractivity contribution in [2.45, 2.75) is 44.2 Å². The molecule has 4 rings (SSSR count). The van der Waals surface area contributed by atoms with Crippen LogP contribution in [0.15, 0.2) is 24.3 Å². The summed E-state index contributed by atoms with van der Waals surface area (Å²) in [6.07, 6.45) is 5.70. The van der Waals surface area contributed by atoms with Crippen molar-refractivity contribution in [3.8, 4) is 0 Å². The van der Waals surface area contributed by atoms with Crippen molar-refractivity contribution in [1.82, 2.24) is 10.2 Å². The molecule has 0 saturated carbocycles. The van der Waals surface area contributed by atoms with Gasteiger partial charge in [-0.25, -0.2) is 0 Å². The second-order valence-electron chi connectivity index (χ2n) is 7.50. The van der Waals surface area contributed by atoms with Gasteiger partial charge >= 0.3 is 0 Å². The molecule has 1 N–H and O–H groups in total. The van der Waals surface area contributed by atoms with Gasteiger partial charge in [-0.2, -0.15) is 0 Å². The number of piperazine rings is 1. The smallest absolute Gasteiger partial charge is 0.222 e. The van der Waals surface area contributed by atoms with E-state index in [-0.39, 0.29) is 24.8 Å². The average molecular weight is 421 g/mol. The number of para-hydroxylation sites is 1. The Bertz CT molecular complexity index is 595. The molecule has 1 amide bonds. The molecule has 0 radical (unpaired) electrons. The standard InChI is InChI=1S/C19H26ClN3O.2ClH/c20-17-3-1-2-4-18(17)22-7-9-23(10-8-22)19(24)13-14-11-15-5-6-16(12-14)21-15;;/h1-4,14-16,21H,5-13H2;2*1H. The van der Waals surface area contributed by atoms with Gasteiger partial charge in [0.15, 0.2) is 0 Å². The second kappa shape index (κ2) is 9.50. The van der Waals surface area contributed by atoms with Crippen LogP contribution >= 0.6 is 36.4 Å². The van der Waals surface area contributed by atoms with Gasteiger partial charge in [0.1, 0.15) is 0 Å². The number of hydrogen-bond acceptors (Lipinski definition) is 3. The van der Waals surface area contributed by atoms with Gasteiger partial charge in [0.2, 0.25) is 5.91 Å². The zero-order chi connectivity index (χ0) is 16.5. The van der Waals surface area contributed by atoms with Gasteiger partial charge in [0.25, 0.3) is 0 Å². The molecule has 2 atom stereocenters. The SMILES string of the molecule is Cl.Cl.O=C(CC1CC2CCC(C1)N2)N1CCN(c2ccccc2Cl)CC1. The topological polar surface area (TPSA) is 35.6 Å². The van der Waals surface area contributed by atoms with E-state index in [0.29, 0.717) is 23.9 Å². The number of hydrogen-bond donors (Lipinski definition) is 1. The fourth-order valence-electron chi connectivity index (χ4n) is 4.62. The first-order valence-corrected chi connectivity index (χ1v) is 9.60. The summed E-state index contributed by atoms with van der Waals surface area (Å²) in [5.74, 6) is 0.929. The monoisotopic (exact) mass is 419 g/mol. The van der Waals surface area contributed by atoms with E-state index in [0.717, 1.165) is 43.3 Å². The molecule has 146 valence electrons. The van der Waals surface area contributed by atoms with Crippen LogP contribution in [0.3, 0.4) is 0 Å². The Labute approximate surface area is 173 Å². The first-order chi connectivity index (χ1) is 11.7. The van der Waals surface area contributed by atoms with Crippen LogP contribution in [0.2, 0.25) is 5.02 Å². The summed E-state index contributed by atoms with van der Waals surface area (Å²) in [5, 5.41) is 4.45. The third-order valence-electron chi connectivity index (χ3n) is 5.86. The van der Waals surface area contributed by atoms with Gasteiger partial charge in [-0.3, -0.25) is 4.79 Å². The van der Waals surface area contributed by atoms with Gasteiger partial charge < -0.3 is 15.1 Å². The molecular formula is C19H28Cl3N3O. The summed E-state index contributed by atoms with van der Waals surface area (Å²) < 4.78 is 0. The van der Waals surface area contributed by atoms with Gasteiger partial charge in [-0.05, 0) is 43.7 Å². The molecule has 3 fully saturated rings. The van der Waals surface area contributed by atoms with Crippen molar-refractivity contribution in [3.63, 3.8) is 0 Å². The molecule has 3 aliphatic rings. The lowest BCUT2D eigenvalue weighted by atomic mass is 9.89. The Morgan fingerprint density at radius 2 is 1.65 bits per heavy atom. The number of amides is 1. The average Bonchev–Trinajstić information content (AvgIpc) is 2.94. The van der Waals surface area contributed by atoms with E-state index in [1.54, 1.807) is 0 Å². The molecule has 4 nitrogen and oxygen atoms in total. The van der Waals surface area contributed by atoms with E-state index >= 15 is 0 Å². The Morgan fingerprint density at radius 3 is 2.27 bits per heavy atom. The summed E-state index contributed by atoms with van der Waals surface area (Å²) in [7, 11) is 0. The number of fused-ring (bicyclic) bond motifs is 2. The Balaban J connectivity index is 0.00000121. The maximum Gasteiger partial charge on any atom is 0.222 e. The number of nitrogens with one attached hydrogen (secondary N) is 1. The number of carbonyl (C=O) groups excluding carboxylic acids is 1. The van der Waals surface area contributed by atoms with Gasteiger partial charge in [0, 0.05) is 44.7 Å². The predicted octanol–water partition coefficient (Wildman–Crippen LogP) is 3.75. The lowest BCUT2D eigenvalue weighted by molar-refractivity contribution is -0.132. The highest BCUT2D eigenvalue weighted by molar-refractivity contribution is 6.33. The molecule has 2 unspecified atom stereocenters. The first-order valence-electron chi connectivity index (χ1n) is 9.22. The number of benzene rings is 1. The van der Waals surface area contributed by atoms with Crippen molar-refractivity contribution < 1.29 is 4.79 Å². The van der Waals surface area contributed by atoms with E-state index < -0.39 is 0 Å². The van der Waals surface area contributed by atoms with Crippen molar-refractivity contribution in [3.05, 3.63) is 29.3 Å². The summed E-state index contributed by atoms with van der Waals surface area (Å²) in [6.45, 7) is 3.35. The molecule has 0 aromatic heterocycles. The van der Waals surface area contributed by atoms with Crippen LogP contribution < -0.4 is 10.2 Å². The molecule has 3 aliphatic heterocycles. The van der Waals surface area contributed by atoms with E-state index in [1.807, 2.05) is 18.2 Å². The number of halogens is 3. The van der Waals surface area contributed by atoms with E-state index in [2.05, 4.69) is 21.2 Å². The first kappa shape index (κ1) is 21.6. The Morgan fingerprint density at radius 1 is 1.04 bits per heavy atom. The van der Waals surface area contributed by atoms with E-state index in [9.17, 15) is 4.79 Å². The maximum atomic E-state index is 12.7. The van der Waals surface area contributed by atoms with Crippen LogP contribution in [0.25, 0.3) is 0 Å². The third kappa shape index (κ3) is 4.78. The Hall–Kier alpha value is -0.680. The highest BCUT2D eigenvalue weighted by atomic mass is 35.5. The number of anilines is 1. The number of rotatable bonds is 3. The fraction of sp³-hybridized carbons (Fsp3) is 0.632. The fourth-order valence-corrected chi connectivity index (χ4v) is 4.88. The van der Waals surface area contributed by atoms with Crippen molar-refractivity contribution in [1.29, 1.82) is 0 Å². The zero-order valence-corrected chi connectivity index (χ0v) is 17.3. The van der Waals surface area contributed by atoms with Crippen LogP contribution in [0.4, 0.5) is 5.69 Å². The molecule has 3 saturated heterocycles. The van der Waals surface area contributed by atoms with E-state index in [1.165, 1.54) is 25.7 Å². The highest BCUT2D eigenvalue weighted by Crippen LogP contribution is 2.33. The number of piperidine rings is 1. The molecular weight excluding hydrogens is 393 g/mol. The molecule has 2 bridgehead atoms. The largest absolute Gasteiger partial charge is 0.367 e. The van der Waals surface area contributed by atoms with Crippen LogP contribution in [-0.4, -0.2) is 49.1 Å². The molecule has 1 aromatic rings. The van der Waals surface area contributed by atoms with Crippen molar-refractivity contribution >= 4 is 48.0 Å². The van der Waals surface area contributed by atoms with Crippen molar-refractivity contribution in [2.24, 2.45) is 5.92 Å². The van der Waals surface area contributed by atoms with Crippen LogP contribution in [0, 0.1) is 5.92 Å². The normalized spacial score (nSPS) is 27.5. The summed E-state index contributed by atoms with van der Waals surface area (Å²) >= 11 is 6.29.